The van der Waals surface area contributed by atoms with E-state index < -0.39 is 0 Å². The topological polar surface area (TPSA) is 72.3 Å². The normalized spacial score (nSPS) is 26.2. The number of likely N-dealkylation sites (tertiary alicyclic amines) is 1. The third-order valence-electron chi connectivity index (χ3n) is 6.66. The Morgan fingerprint density at radius 2 is 2.12 bits per heavy atom. The third-order valence-corrected chi connectivity index (χ3v) is 6.66. The van der Waals surface area contributed by atoms with Gasteiger partial charge in [-0.15, -0.1) is 5.10 Å². The van der Waals surface area contributed by atoms with Crippen LogP contribution in [0.4, 0.5) is 0 Å². The van der Waals surface area contributed by atoms with Crippen LogP contribution in [0.25, 0.3) is 0 Å². The number of nitrogens with zero attached hydrogens (tertiary/aromatic N) is 4. The van der Waals surface area contributed by atoms with Crippen LogP contribution in [0.1, 0.15) is 61.5 Å². The van der Waals surface area contributed by atoms with E-state index >= 15 is 0 Å². The molecule has 1 atom stereocenters. The summed E-state index contributed by atoms with van der Waals surface area (Å²) in [6.07, 6.45) is 11.0. The number of carbonyl (C=O) groups is 1. The number of hydrogen-bond donors (Lipinski definition) is 1. The second-order valence-corrected chi connectivity index (χ2v) is 7.87. The van der Waals surface area contributed by atoms with E-state index in [4.69, 9.17) is 4.74 Å². The smallest absolute Gasteiger partial charge is 0.273 e. The molecule has 4 rings (SSSR count). The Hall–Kier alpha value is -1.47. The van der Waals surface area contributed by atoms with Crippen LogP contribution in [0.15, 0.2) is 6.20 Å². The highest BCUT2D eigenvalue weighted by Crippen LogP contribution is 2.56. The first-order valence-corrected chi connectivity index (χ1v) is 9.65. The maximum absolute atomic E-state index is 12.1. The van der Waals surface area contributed by atoms with Gasteiger partial charge in [-0.25, -0.2) is 4.68 Å². The first-order valence-electron chi connectivity index (χ1n) is 9.65. The molecule has 138 valence electrons. The number of aromatic nitrogens is 3. The summed E-state index contributed by atoms with van der Waals surface area (Å²) in [6.45, 7) is 3.44. The summed E-state index contributed by atoms with van der Waals surface area (Å²) in [6, 6.07) is 1.26. The van der Waals surface area contributed by atoms with E-state index in [9.17, 15) is 4.79 Å². The van der Waals surface area contributed by atoms with Crippen LogP contribution < -0.4 is 5.32 Å². The molecule has 1 spiro atoms. The molecule has 0 radical (unpaired) electrons. The van der Waals surface area contributed by atoms with Gasteiger partial charge in [0, 0.05) is 19.7 Å². The average Bonchev–Trinajstić information content (AvgIpc) is 3.02. The van der Waals surface area contributed by atoms with Crippen LogP contribution in [0.5, 0.6) is 0 Å². The first kappa shape index (κ1) is 17.0. The Kier molecular flexibility index (Phi) is 4.78. The standard InChI is InChI=1S/C18H29N5O2/c1-25-12-9-19-17(24)15-13-23(21-20-15)16-5-6-18(16)7-10-22(11-8-18)14-3-2-4-14/h13-14,16H,2-12H2,1H3,(H,19,24). The van der Waals surface area contributed by atoms with E-state index in [-0.39, 0.29) is 5.91 Å². The molecule has 1 unspecified atom stereocenters. The predicted molar refractivity (Wildman–Crippen MR) is 93.4 cm³/mol. The summed E-state index contributed by atoms with van der Waals surface area (Å²) in [5, 5.41) is 11.2. The number of hydrogen-bond acceptors (Lipinski definition) is 5. The van der Waals surface area contributed by atoms with Gasteiger partial charge in [0.2, 0.25) is 0 Å². The van der Waals surface area contributed by atoms with Crippen molar-refractivity contribution in [1.29, 1.82) is 0 Å². The molecule has 1 aliphatic heterocycles. The SMILES string of the molecule is COCCNC(=O)c1cn(C2CCC23CCN(C2CCC2)CC3)nn1. The van der Waals surface area contributed by atoms with Crippen LogP contribution in [0, 0.1) is 5.41 Å². The Bertz CT molecular complexity index is 604. The van der Waals surface area contributed by atoms with Crippen molar-refractivity contribution in [2.75, 3.05) is 33.4 Å². The highest BCUT2D eigenvalue weighted by molar-refractivity contribution is 5.91. The van der Waals surface area contributed by atoms with Gasteiger partial charge in [0.1, 0.15) is 0 Å². The molecule has 0 aromatic carbocycles. The number of nitrogens with one attached hydrogen (secondary N) is 1. The van der Waals surface area contributed by atoms with E-state index in [0.29, 0.717) is 30.3 Å². The van der Waals surface area contributed by atoms with Crippen molar-refractivity contribution in [3.05, 3.63) is 11.9 Å². The second-order valence-electron chi connectivity index (χ2n) is 7.87. The van der Waals surface area contributed by atoms with Gasteiger partial charge in [-0.05, 0) is 57.0 Å². The molecule has 1 aromatic rings. The molecule has 0 bridgehead atoms. The van der Waals surface area contributed by atoms with E-state index in [2.05, 4.69) is 20.5 Å². The molecule has 1 amide bonds. The fraction of sp³-hybridized carbons (Fsp3) is 0.833. The molecule has 7 heteroatoms. The van der Waals surface area contributed by atoms with Crippen LogP contribution >= 0.6 is 0 Å². The minimum atomic E-state index is -0.170. The summed E-state index contributed by atoms with van der Waals surface area (Å²) < 4.78 is 6.90. The largest absolute Gasteiger partial charge is 0.383 e. The molecular weight excluding hydrogens is 318 g/mol. The molecule has 1 N–H and O–H groups in total. The van der Waals surface area contributed by atoms with E-state index in [1.54, 1.807) is 7.11 Å². The number of carbonyl (C=O) groups excluding carboxylic acids is 1. The summed E-state index contributed by atoms with van der Waals surface area (Å²) in [4.78, 5) is 14.8. The first-order chi connectivity index (χ1) is 12.2. The minimum Gasteiger partial charge on any atom is -0.383 e. The van der Waals surface area contributed by atoms with Crippen molar-refractivity contribution in [3.63, 3.8) is 0 Å². The maximum atomic E-state index is 12.1. The monoisotopic (exact) mass is 347 g/mol. The molecule has 25 heavy (non-hydrogen) atoms. The van der Waals surface area contributed by atoms with Gasteiger partial charge >= 0.3 is 0 Å². The van der Waals surface area contributed by atoms with Crippen molar-refractivity contribution in [2.45, 2.75) is 57.0 Å². The number of piperidine rings is 1. The predicted octanol–water partition coefficient (Wildman–Crippen LogP) is 1.62. The molecule has 2 heterocycles. The zero-order chi connectivity index (χ0) is 17.3. The van der Waals surface area contributed by atoms with Crippen molar-refractivity contribution in [2.24, 2.45) is 5.41 Å². The van der Waals surface area contributed by atoms with Crippen LogP contribution in [-0.4, -0.2) is 65.2 Å². The lowest BCUT2D eigenvalue weighted by molar-refractivity contribution is -0.0491. The molecule has 3 fully saturated rings. The van der Waals surface area contributed by atoms with E-state index in [0.717, 1.165) is 12.5 Å². The average molecular weight is 347 g/mol. The molecule has 1 saturated heterocycles. The minimum absolute atomic E-state index is 0.170. The molecule has 2 saturated carbocycles. The van der Waals surface area contributed by atoms with Gasteiger partial charge in [0.05, 0.1) is 18.8 Å². The molecule has 7 nitrogen and oxygen atoms in total. The lowest BCUT2D eigenvalue weighted by atomic mass is 9.59. The van der Waals surface area contributed by atoms with Crippen LogP contribution in [0.3, 0.4) is 0 Å². The van der Waals surface area contributed by atoms with Crippen LogP contribution in [-0.2, 0) is 4.74 Å². The number of ether oxygens (including phenoxy) is 1. The van der Waals surface area contributed by atoms with Gasteiger partial charge in [0.15, 0.2) is 5.69 Å². The quantitative estimate of drug-likeness (QED) is 0.792. The van der Waals surface area contributed by atoms with E-state index in [1.165, 1.54) is 51.6 Å². The van der Waals surface area contributed by atoms with Gasteiger partial charge in [-0.2, -0.15) is 0 Å². The highest BCUT2D eigenvalue weighted by atomic mass is 16.5. The van der Waals surface area contributed by atoms with Gasteiger partial charge in [-0.3, -0.25) is 4.79 Å². The lowest BCUT2D eigenvalue weighted by Crippen LogP contribution is -2.53. The fourth-order valence-electron chi connectivity index (χ4n) is 4.65. The van der Waals surface area contributed by atoms with Crippen molar-refractivity contribution < 1.29 is 9.53 Å². The van der Waals surface area contributed by atoms with Crippen molar-refractivity contribution in [3.8, 4) is 0 Å². The summed E-state index contributed by atoms with van der Waals surface area (Å²) in [5.74, 6) is -0.170. The summed E-state index contributed by atoms with van der Waals surface area (Å²) >= 11 is 0. The molecule has 1 aromatic heterocycles. The molecule has 2 aliphatic carbocycles. The van der Waals surface area contributed by atoms with E-state index in [1.807, 2.05) is 10.9 Å². The van der Waals surface area contributed by atoms with Crippen LogP contribution in [0.2, 0.25) is 0 Å². The Morgan fingerprint density at radius 1 is 1.32 bits per heavy atom. The second kappa shape index (κ2) is 7.03. The zero-order valence-corrected chi connectivity index (χ0v) is 15.1. The fourth-order valence-corrected chi connectivity index (χ4v) is 4.65. The number of rotatable bonds is 6. The van der Waals surface area contributed by atoms with Crippen molar-refractivity contribution in [1.82, 2.24) is 25.2 Å². The van der Waals surface area contributed by atoms with Gasteiger partial charge in [-0.1, -0.05) is 11.6 Å². The van der Waals surface area contributed by atoms with Gasteiger partial charge in [0.25, 0.3) is 5.91 Å². The third kappa shape index (κ3) is 3.19. The Morgan fingerprint density at radius 3 is 2.72 bits per heavy atom. The molecule has 3 aliphatic rings. The highest BCUT2D eigenvalue weighted by Gasteiger charge is 2.50. The van der Waals surface area contributed by atoms with Crippen molar-refractivity contribution >= 4 is 5.91 Å². The Labute approximate surface area is 149 Å². The molecular formula is C18H29N5O2. The number of amides is 1. The summed E-state index contributed by atoms with van der Waals surface area (Å²) in [5.41, 5.74) is 0.780. The maximum Gasteiger partial charge on any atom is 0.273 e. The number of methoxy groups -OCH3 is 1. The Balaban J connectivity index is 1.35. The lowest BCUT2D eigenvalue weighted by Gasteiger charge is -2.55. The van der Waals surface area contributed by atoms with Gasteiger partial charge < -0.3 is 15.0 Å². The zero-order valence-electron chi connectivity index (χ0n) is 15.1. The summed E-state index contributed by atoms with van der Waals surface area (Å²) in [7, 11) is 1.62.